The molecule has 0 bridgehead atoms. The van der Waals surface area contributed by atoms with E-state index in [0.29, 0.717) is 26.4 Å². The van der Waals surface area contributed by atoms with E-state index >= 15 is 0 Å². The normalized spacial score (nSPS) is 14.8. The first kappa shape index (κ1) is 24.2. The summed E-state index contributed by atoms with van der Waals surface area (Å²) in [7, 11) is 0. The first-order chi connectivity index (χ1) is 17.5. The number of nitrogens with one attached hydrogen (secondary N) is 2. The van der Waals surface area contributed by atoms with Gasteiger partial charge in [-0.25, -0.2) is 4.98 Å². The number of H-pyrrole nitrogens is 1. The van der Waals surface area contributed by atoms with Crippen LogP contribution in [0.15, 0.2) is 69.3 Å². The Morgan fingerprint density at radius 1 is 1.19 bits per heavy atom. The second kappa shape index (κ2) is 10.6. The van der Waals surface area contributed by atoms with Gasteiger partial charge in [0.2, 0.25) is 0 Å². The molecule has 0 spiro atoms. The molecule has 1 saturated heterocycles. The molecule has 0 atom stereocenters. The van der Waals surface area contributed by atoms with Crippen molar-refractivity contribution in [2.75, 3.05) is 13.1 Å². The van der Waals surface area contributed by atoms with Gasteiger partial charge < -0.3 is 9.73 Å². The Labute approximate surface area is 218 Å². The van der Waals surface area contributed by atoms with E-state index in [4.69, 9.17) is 16.0 Å². The predicted octanol–water partition coefficient (Wildman–Crippen LogP) is 4.96. The quantitative estimate of drug-likeness (QED) is 0.238. The van der Waals surface area contributed by atoms with Crippen LogP contribution in [0.4, 0.5) is 4.79 Å². The van der Waals surface area contributed by atoms with Crippen LogP contribution >= 0.6 is 35.1 Å². The van der Waals surface area contributed by atoms with Gasteiger partial charge >= 0.3 is 0 Å². The Morgan fingerprint density at radius 3 is 2.78 bits per heavy atom. The third-order valence-corrected chi connectivity index (χ3v) is 7.38. The van der Waals surface area contributed by atoms with Crippen molar-refractivity contribution in [1.29, 1.82) is 0 Å². The standard InChI is InChI=1S/C24H18ClN5O4S2/c25-15-7-5-14(6-8-15)11-19-22(32)30(24(33)36-19)10-9-26-21(31)20-17(12-35-23-27-13-28-29-23)16-3-1-2-4-18(16)34-20/h1-8,11,13H,9-10,12H2,(H,26,31)(H,27,28,29)/b19-11+. The van der Waals surface area contributed by atoms with Gasteiger partial charge in [0.05, 0.1) is 4.91 Å². The number of para-hydroxylation sites is 1. The first-order valence-corrected chi connectivity index (χ1v) is 13.0. The molecule has 9 nitrogen and oxygen atoms in total. The summed E-state index contributed by atoms with van der Waals surface area (Å²) in [5, 5.41) is 11.0. The first-order valence-electron chi connectivity index (χ1n) is 10.8. The summed E-state index contributed by atoms with van der Waals surface area (Å²) in [6.07, 6.45) is 3.06. The zero-order valence-electron chi connectivity index (χ0n) is 18.6. The number of hydrogen-bond donors (Lipinski definition) is 2. The number of halogens is 1. The molecule has 4 aromatic rings. The number of carbonyl (C=O) groups is 3. The van der Waals surface area contributed by atoms with Gasteiger partial charge in [-0.15, -0.1) is 0 Å². The molecule has 2 aromatic heterocycles. The summed E-state index contributed by atoms with van der Waals surface area (Å²) in [6.45, 7) is 0.119. The van der Waals surface area contributed by atoms with Gasteiger partial charge in [0.1, 0.15) is 11.9 Å². The maximum Gasteiger partial charge on any atom is 0.293 e. The minimum absolute atomic E-state index is 0.0384. The molecule has 0 unspecified atom stereocenters. The van der Waals surface area contributed by atoms with E-state index in [1.807, 2.05) is 18.2 Å². The summed E-state index contributed by atoms with van der Waals surface area (Å²) in [6, 6.07) is 14.3. The molecule has 1 aliphatic heterocycles. The lowest BCUT2D eigenvalue weighted by molar-refractivity contribution is -0.122. The third kappa shape index (κ3) is 5.18. The van der Waals surface area contributed by atoms with Gasteiger partial charge in [0.15, 0.2) is 10.9 Å². The number of hydrogen-bond acceptors (Lipinski definition) is 8. The molecule has 3 heterocycles. The van der Waals surface area contributed by atoms with Gasteiger partial charge in [-0.3, -0.25) is 24.4 Å². The minimum atomic E-state index is -0.428. The highest BCUT2D eigenvalue weighted by molar-refractivity contribution is 8.18. The van der Waals surface area contributed by atoms with Crippen LogP contribution in [0.25, 0.3) is 17.0 Å². The number of carbonyl (C=O) groups excluding carboxylic acids is 3. The second-order valence-electron chi connectivity index (χ2n) is 7.63. The van der Waals surface area contributed by atoms with Crippen LogP contribution in [-0.4, -0.2) is 50.2 Å². The molecule has 182 valence electrons. The Morgan fingerprint density at radius 2 is 2.00 bits per heavy atom. The largest absolute Gasteiger partial charge is 0.451 e. The molecule has 0 aliphatic carbocycles. The molecule has 2 aromatic carbocycles. The van der Waals surface area contributed by atoms with Gasteiger partial charge in [-0.1, -0.05) is 53.7 Å². The fourth-order valence-corrected chi connectivity index (χ4v) is 5.39. The number of thioether (sulfide) groups is 2. The average molecular weight is 540 g/mol. The smallest absolute Gasteiger partial charge is 0.293 e. The summed E-state index contributed by atoms with van der Waals surface area (Å²) in [5.41, 5.74) is 2.08. The van der Waals surface area contributed by atoms with Crippen LogP contribution in [0.1, 0.15) is 21.7 Å². The Kier molecular flexibility index (Phi) is 7.12. The van der Waals surface area contributed by atoms with Crippen molar-refractivity contribution in [3.05, 3.63) is 81.7 Å². The van der Waals surface area contributed by atoms with Crippen LogP contribution in [0.3, 0.4) is 0 Å². The SMILES string of the molecule is O=C(NCCN1C(=O)S/C(=C/c2ccc(Cl)cc2)C1=O)c1oc2ccccc2c1CSc1ncn[nH]1. The number of benzene rings is 2. The molecule has 12 heteroatoms. The molecule has 1 fully saturated rings. The number of furan rings is 1. The topological polar surface area (TPSA) is 121 Å². The third-order valence-electron chi connectivity index (χ3n) is 5.31. The van der Waals surface area contributed by atoms with Crippen molar-refractivity contribution >= 4 is 69.2 Å². The van der Waals surface area contributed by atoms with Gasteiger partial charge in [-0.05, 0) is 41.6 Å². The lowest BCUT2D eigenvalue weighted by atomic mass is 10.1. The number of rotatable bonds is 8. The van der Waals surface area contributed by atoms with Crippen molar-refractivity contribution in [2.45, 2.75) is 10.9 Å². The monoisotopic (exact) mass is 539 g/mol. The van der Waals surface area contributed by atoms with Crippen LogP contribution < -0.4 is 5.32 Å². The lowest BCUT2D eigenvalue weighted by Gasteiger charge is -2.12. The fraction of sp³-hybridized carbons (Fsp3) is 0.125. The van der Waals surface area contributed by atoms with E-state index in [1.54, 1.807) is 36.4 Å². The fourth-order valence-electron chi connectivity index (χ4n) is 3.59. The highest BCUT2D eigenvalue weighted by atomic mass is 35.5. The van der Waals surface area contributed by atoms with Crippen LogP contribution in [0, 0.1) is 0 Å². The van der Waals surface area contributed by atoms with E-state index in [0.717, 1.165) is 33.2 Å². The zero-order valence-corrected chi connectivity index (χ0v) is 21.0. The van der Waals surface area contributed by atoms with E-state index in [-0.39, 0.29) is 24.1 Å². The molecule has 3 amide bonds. The predicted molar refractivity (Wildman–Crippen MR) is 139 cm³/mol. The van der Waals surface area contributed by atoms with Crippen molar-refractivity contribution < 1.29 is 18.8 Å². The number of nitrogens with zero attached hydrogens (tertiary/aromatic N) is 3. The highest BCUT2D eigenvalue weighted by Gasteiger charge is 2.34. The van der Waals surface area contributed by atoms with Crippen LogP contribution in [-0.2, 0) is 10.5 Å². The summed E-state index contributed by atoms with van der Waals surface area (Å²) >= 11 is 8.16. The van der Waals surface area contributed by atoms with Crippen molar-refractivity contribution in [2.24, 2.45) is 0 Å². The molecule has 1 aliphatic rings. The molecule has 5 rings (SSSR count). The van der Waals surface area contributed by atoms with Gasteiger partial charge in [0, 0.05) is 34.8 Å². The van der Waals surface area contributed by atoms with Gasteiger partial charge in [0.25, 0.3) is 17.1 Å². The Hall–Kier alpha value is -3.54. The van der Waals surface area contributed by atoms with E-state index in [9.17, 15) is 14.4 Å². The van der Waals surface area contributed by atoms with Gasteiger partial charge in [-0.2, -0.15) is 5.10 Å². The number of aromatic amines is 1. The van der Waals surface area contributed by atoms with E-state index in [2.05, 4.69) is 20.5 Å². The van der Waals surface area contributed by atoms with Crippen molar-refractivity contribution in [1.82, 2.24) is 25.4 Å². The molecule has 0 saturated carbocycles. The summed E-state index contributed by atoms with van der Waals surface area (Å²) < 4.78 is 5.85. The molecular formula is C24H18ClN5O4S2. The van der Waals surface area contributed by atoms with Crippen molar-refractivity contribution in [3.63, 3.8) is 0 Å². The number of aromatic nitrogens is 3. The number of imide groups is 1. The highest BCUT2D eigenvalue weighted by Crippen LogP contribution is 2.33. The van der Waals surface area contributed by atoms with Crippen molar-refractivity contribution in [3.8, 4) is 0 Å². The average Bonchev–Trinajstić information content (AvgIpc) is 3.59. The summed E-state index contributed by atoms with van der Waals surface area (Å²) in [4.78, 5) is 43.7. The maximum absolute atomic E-state index is 13.0. The lowest BCUT2D eigenvalue weighted by Crippen LogP contribution is -2.37. The number of amides is 3. The Balaban J connectivity index is 1.25. The van der Waals surface area contributed by atoms with Crippen LogP contribution in [0.5, 0.6) is 0 Å². The maximum atomic E-state index is 13.0. The Bertz CT molecular complexity index is 1470. The van der Waals surface area contributed by atoms with E-state index in [1.165, 1.54) is 18.1 Å². The summed E-state index contributed by atoms with van der Waals surface area (Å²) in [5.74, 6) is -0.210. The molecule has 36 heavy (non-hydrogen) atoms. The van der Waals surface area contributed by atoms with Crippen LogP contribution in [0.2, 0.25) is 5.02 Å². The molecule has 0 radical (unpaired) electrons. The second-order valence-corrected chi connectivity index (χ2v) is 10.0. The zero-order chi connectivity index (χ0) is 25.1. The van der Waals surface area contributed by atoms with E-state index < -0.39 is 11.8 Å². The minimum Gasteiger partial charge on any atom is -0.451 e. The molecular weight excluding hydrogens is 522 g/mol. The number of fused-ring (bicyclic) bond motifs is 1. The molecule has 2 N–H and O–H groups in total.